The third-order valence-electron chi connectivity index (χ3n) is 4.59. The van der Waals surface area contributed by atoms with E-state index in [4.69, 9.17) is 11.1 Å². The van der Waals surface area contributed by atoms with Crippen molar-refractivity contribution in [1.29, 1.82) is 5.41 Å². The average molecular weight is 290 g/mol. The van der Waals surface area contributed by atoms with Gasteiger partial charge in [0.05, 0.1) is 11.2 Å². The molecule has 22 heavy (non-hydrogen) atoms. The minimum atomic E-state index is 0.0877. The van der Waals surface area contributed by atoms with Crippen LogP contribution in [0.3, 0.4) is 0 Å². The highest BCUT2D eigenvalue weighted by Gasteiger charge is 2.28. The number of aryl methyl sites for hydroxylation is 1. The zero-order valence-electron chi connectivity index (χ0n) is 12.5. The van der Waals surface area contributed by atoms with Crippen LogP contribution in [0.4, 0.5) is 0 Å². The molecular formula is C18H18N4. The number of fused-ring (bicyclic) bond motifs is 2. The van der Waals surface area contributed by atoms with E-state index < -0.39 is 0 Å². The maximum Gasteiger partial charge on any atom is 0.140 e. The first-order valence-corrected chi connectivity index (χ1v) is 7.59. The van der Waals surface area contributed by atoms with E-state index >= 15 is 0 Å². The Hall–Kier alpha value is -2.62. The highest BCUT2D eigenvalue weighted by molar-refractivity contribution is 6.02. The molecule has 0 bridgehead atoms. The van der Waals surface area contributed by atoms with Crippen LogP contribution in [0.15, 0.2) is 36.5 Å². The van der Waals surface area contributed by atoms with Gasteiger partial charge in [0.2, 0.25) is 0 Å². The van der Waals surface area contributed by atoms with Crippen LogP contribution in [0, 0.1) is 5.41 Å². The standard InChI is InChI=1S/C18H18N4/c1-10-6-7-14-15(10)16(17(22-14)18(19)20)12-8-11-4-2-3-5-13(11)21-9-12/h2-5,8-10,22H,6-7H2,1H3,(H3,19,20). The molecule has 0 saturated heterocycles. The second-order valence-corrected chi connectivity index (χ2v) is 6.04. The largest absolute Gasteiger partial charge is 0.382 e. The Labute approximate surface area is 128 Å². The summed E-state index contributed by atoms with van der Waals surface area (Å²) in [7, 11) is 0. The van der Waals surface area contributed by atoms with Crippen LogP contribution in [0.1, 0.15) is 36.2 Å². The molecule has 2 heterocycles. The fourth-order valence-corrected chi connectivity index (χ4v) is 3.52. The Morgan fingerprint density at radius 3 is 3.00 bits per heavy atom. The lowest BCUT2D eigenvalue weighted by Gasteiger charge is -2.10. The van der Waals surface area contributed by atoms with Gasteiger partial charge in [0.1, 0.15) is 5.84 Å². The first-order valence-electron chi connectivity index (χ1n) is 7.59. The predicted molar refractivity (Wildman–Crippen MR) is 89.3 cm³/mol. The lowest BCUT2D eigenvalue weighted by atomic mass is 9.95. The third-order valence-corrected chi connectivity index (χ3v) is 4.59. The first-order chi connectivity index (χ1) is 10.6. The highest BCUT2D eigenvalue weighted by atomic mass is 14.8. The normalized spacial score (nSPS) is 16.9. The van der Waals surface area contributed by atoms with Crippen molar-refractivity contribution in [2.24, 2.45) is 5.73 Å². The summed E-state index contributed by atoms with van der Waals surface area (Å²) in [6.07, 6.45) is 4.06. The average Bonchev–Trinajstić information content (AvgIpc) is 3.07. The maximum absolute atomic E-state index is 7.89. The number of hydrogen-bond acceptors (Lipinski definition) is 2. The van der Waals surface area contributed by atoms with Gasteiger partial charge in [-0.05, 0) is 36.5 Å². The Kier molecular flexibility index (Phi) is 2.79. The molecule has 0 fully saturated rings. The van der Waals surface area contributed by atoms with E-state index in [9.17, 15) is 0 Å². The van der Waals surface area contributed by atoms with Crippen molar-refractivity contribution in [2.45, 2.75) is 25.7 Å². The van der Waals surface area contributed by atoms with Crippen LogP contribution in [-0.4, -0.2) is 15.8 Å². The number of nitrogens with one attached hydrogen (secondary N) is 2. The molecule has 4 heteroatoms. The van der Waals surface area contributed by atoms with Crippen LogP contribution in [0.2, 0.25) is 0 Å². The number of aromatic nitrogens is 2. The minimum absolute atomic E-state index is 0.0877. The monoisotopic (exact) mass is 290 g/mol. The van der Waals surface area contributed by atoms with Crippen LogP contribution >= 0.6 is 0 Å². The molecule has 0 amide bonds. The Morgan fingerprint density at radius 1 is 1.36 bits per heavy atom. The van der Waals surface area contributed by atoms with Gasteiger partial charge >= 0.3 is 0 Å². The van der Waals surface area contributed by atoms with Crippen LogP contribution in [0.25, 0.3) is 22.0 Å². The summed E-state index contributed by atoms with van der Waals surface area (Å²) in [4.78, 5) is 7.92. The molecule has 0 spiro atoms. The SMILES string of the molecule is CC1CCc2[nH]c(C(=N)N)c(-c3cnc4ccccc4c3)c21. The predicted octanol–water partition coefficient (Wildman–Crippen LogP) is 3.56. The molecule has 4 N–H and O–H groups in total. The van der Waals surface area contributed by atoms with E-state index in [2.05, 4.69) is 29.0 Å². The van der Waals surface area contributed by atoms with Crippen molar-refractivity contribution in [3.63, 3.8) is 0 Å². The summed E-state index contributed by atoms with van der Waals surface area (Å²) in [5.41, 5.74) is 12.1. The zero-order valence-corrected chi connectivity index (χ0v) is 12.5. The van der Waals surface area contributed by atoms with E-state index in [-0.39, 0.29) is 5.84 Å². The number of hydrogen-bond donors (Lipinski definition) is 3. The number of H-pyrrole nitrogens is 1. The molecule has 3 aromatic rings. The smallest absolute Gasteiger partial charge is 0.140 e. The van der Waals surface area contributed by atoms with Crippen LogP contribution < -0.4 is 5.73 Å². The Bertz CT molecular complexity index is 891. The topological polar surface area (TPSA) is 78.5 Å². The summed E-state index contributed by atoms with van der Waals surface area (Å²) in [6, 6.07) is 10.2. The number of benzene rings is 1. The Balaban J connectivity index is 1.99. The van der Waals surface area contributed by atoms with Gasteiger partial charge in [-0.3, -0.25) is 10.4 Å². The highest BCUT2D eigenvalue weighted by Crippen LogP contribution is 2.42. The molecule has 1 unspecified atom stereocenters. The number of amidine groups is 1. The molecule has 0 aliphatic heterocycles. The van der Waals surface area contributed by atoms with Gasteiger partial charge in [-0.2, -0.15) is 0 Å². The lowest BCUT2D eigenvalue weighted by molar-refractivity contribution is 0.743. The molecule has 0 radical (unpaired) electrons. The number of para-hydroxylation sites is 1. The van der Waals surface area contributed by atoms with Crippen molar-refractivity contribution in [2.75, 3.05) is 0 Å². The minimum Gasteiger partial charge on any atom is -0.382 e. The fourth-order valence-electron chi connectivity index (χ4n) is 3.52. The van der Waals surface area contributed by atoms with E-state index in [1.165, 1.54) is 11.3 Å². The lowest BCUT2D eigenvalue weighted by Crippen LogP contribution is -2.13. The van der Waals surface area contributed by atoms with Crippen molar-refractivity contribution in [3.8, 4) is 11.1 Å². The summed E-state index contributed by atoms with van der Waals surface area (Å²) >= 11 is 0. The van der Waals surface area contributed by atoms with Gasteiger partial charge in [-0.15, -0.1) is 0 Å². The van der Waals surface area contributed by atoms with E-state index in [1.54, 1.807) is 0 Å². The molecule has 0 saturated carbocycles. The molecule has 1 aromatic carbocycles. The maximum atomic E-state index is 7.89. The van der Waals surface area contributed by atoms with Gasteiger partial charge in [-0.1, -0.05) is 25.1 Å². The van der Waals surface area contributed by atoms with Gasteiger partial charge in [0.15, 0.2) is 0 Å². The number of nitrogen functional groups attached to an aromatic ring is 1. The van der Waals surface area contributed by atoms with Crippen LogP contribution in [-0.2, 0) is 6.42 Å². The first kappa shape index (κ1) is 13.1. The van der Waals surface area contributed by atoms with E-state index in [1.807, 2.05) is 24.4 Å². The fraction of sp³-hybridized carbons (Fsp3) is 0.222. The summed E-state index contributed by atoms with van der Waals surface area (Å²) in [6.45, 7) is 2.24. The molecular weight excluding hydrogens is 272 g/mol. The van der Waals surface area contributed by atoms with Crippen molar-refractivity contribution < 1.29 is 0 Å². The molecule has 2 aromatic heterocycles. The molecule has 4 rings (SSSR count). The van der Waals surface area contributed by atoms with Crippen molar-refractivity contribution in [3.05, 3.63) is 53.5 Å². The summed E-state index contributed by atoms with van der Waals surface area (Å²) in [5.74, 6) is 0.575. The number of aromatic amines is 1. The second kappa shape index (κ2) is 4.70. The second-order valence-electron chi connectivity index (χ2n) is 6.04. The van der Waals surface area contributed by atoms with Crippen molar-refractivity contribution in [1.82, 2.24) is 9.97 Å². The molecule has 1 aliphatic rings. The number of nitrogens with two attached hydrogens (primary N) is 1. The molecule has 110 valence electrons. The number of rotatable bonds is 2. The van der Waals surface area contributed by atoms with Gasteiger partial charge < -0.3 is 10.7 Å². The number of pyridine rings is 1. The molecule has 4 nitrogen and oxygen atoms in total. The quantitative estimate of drug-likeness (QED) is 0.498. The van der Waals surface area contributed by atoms with Crippen molar-refractivity contribution >= 4 is 16.7 Å². The number of nitrogens with zero attached hydrogens (tertiary/aromatic N) is 1. The zero-order chi connectivity index (χ0) is 15.3. The third kappa shape index (κ3) is 1.84. The molecule has 1 aliphatic carbocycles. The Morgan fingerprint density at radius 2 is 2.18 bits per heavy atom. The van der Waals surface area contributed by atoms with Gasteiger partial charge in [-0.25, -0.2) is 0 Å². The summed E-state index contributed by atoms with van der Waals surface area (Å²) in [5, 5.41) is 9.00. The van der Waals surface area contributed by atoms with Gasteiger partial charge in [0.25, 0.3) is 0 Å². The van der Waals surface area contributed by atoms with Gasteiger partial charge in [0, 0.05) is 28.4 Å². The van der Waals surface area contributed by atoms with Crippen LogP contribution in [0.5, 0.6) is 0 Å². The summed E-state index contributed by atoms with van der Waals surface area (Å²) < 4.78 is 0. The van der Waals surface area contributed by atoms with E-state index in [0.29, 0.717) is 5.92 Å². The molecule has 1 atom stereocenters. The van der Waals surface area contributed by atoms with E-state index in [0.717, 1.165) is 40.6 Å².